The van der Waals surface area contributed by atoms with Crippen LogP contribution in [-0.4, -0.2) is 11.0 Å². The zero-order valence-corrected chi connectivity index (χ0v) is 11.9. The van der Waals surface area contributed by atoms with Crippen molar-refractivity contribution in [1.29, 1.82) is 0 Å². The Labute approximate surface area is 131 Å². The van der Waals surface area contributed by atoms with Crippen molar-refractivity contribution in [1.82, 2.24) is 0 Å². The number of para-hydroxylation sites is 1. The van der Waals surface area contributed by atoms with Crippen molar-refractivity contribution in [2.45, 2.75) is 0 Å². The van der Waals surface area contributed by atoms with E-state index in [1.807, 2.05) is 6.07 Å². The number of nitro groups is 1. The van der Waals surface area contributed by atoms with E-state index in [0.717, 1.165) is 0 Å². The quantitative estimate of drug-likeness (QED) is 0.575. The van der Waals surface area contributed by atoms with Crippen molar-refractivity contribution in [2.75, 3.05) is 5.32 Å². The van der Waals surface area contributed by atoms with Crippen LogP contribution in [-0.2, 0) is 0 Å². The van der Waals surface area contributed by atoms with E-state index >= 15 is 0 Å². The van der Waals surface area contributed by atoms with Crippen molar-refractivity contribution in [2.24, 2.45) is 0 Å². The lowest BCUT2D eigenvalue weighted by atomic mass is 10.1. The number of hydrogen-bond acceptors (Lipinski definition) is 4. The summed E-state index contributed by atoms with van der Waals surface area (Å²) >= 11 is 0. The maximum Gasteiger partial charge on any atom is 0.417 e. The molecule has 0 spiro atoms. The number of carbonyl (C=O) groups is 1. The third kappa shape index (κ3) is 3.26. The highest BCUT2D eigenvalue weighted by molar-refractivity contribution is 5.95. The van der Waals surface area contributed by atoms with Crippen LogP contribution in [0.4, 0.5) is 16.2 Å². The molecule has 0 unspecified atom stereocenters. The fourth-order valence-corrected chi connectivity index (χ4v) is 2.24. The minimum Gasteiger partial charge on any atom is -0.410 e. The molecular weight excluding hydrogens is 296 g/mol. The highest BCUT2D eigenvalue weighted by atomic mass is 16.6. The van der Waals surface area contributed by atoms with Crippen LogP contribution in [0.2, 0.25) is 0 Å². The summed E-state index contributed by atoms with van der Waals surface area (Å²) in [7, 11) is 0. The number of amides is 1. The lowest BCUT2D eigenvalue weighted by molar-refractivity contribution is -0.383. The van der Waals surface area contributed by atoms with Crippen LogP contribution >= 0.6 is 0 Å². The third-order valence-corrected chi connectivity index (χ3v) is 3.25. The van der Waals surface area contributed by atoms with Crippen molar-refractivity contribution in [3.63, 3.8) is 0 Å². The van der Waals surface area contributed by atoms with Crippen LogP contribution in [0.3, 0.4) is 0 Å². The monoisotopic (exact) mass is 308 g/mol. The molecule has 6 nitrogen and oxygen atoms in total. The molecule has 1 amide bonds. The fraction of sp³-hybridized carbons (Fsp3) is 0. The number of nitro benzene ring substituents is 1. The Bertz CT molecular complexity index is 878. The van der Waals surface area contributed by atoms with Gasteiger partial charge in [-0.1, -0.05) is 30.3 Å². The molecule has 0 bridgehead atoms. The van der Waals surface area contributed by atoms with Crippen LogP contribution in [0.1, 0.15) is 0 Å². The van der Waals surface area contributed by atoms with E-state index in [0.29, 0.717) is 22.2 Å². The van der Waals surface area contributed by atoms with Crippen LogP contribution in [0.25, 0.3) is 10.8 Å². The molecule has 3 aromatic rings. The highest BCUT2D eigenvalue weighted by Gasteiger charge is 2.12. The van der Waals surface area contributed by atoms with Crippen LogP contribution in [0.15, 0.2) is 66.7 Å². The molecule has 0 fully saturated rings. The molecule has 0 aromatic heterocycles. The Hall–Kier alpha value is -3.41. The lowest BCUT2D eigenvalue weighted by Crippen LogP contribution is -2.16. The Kier molecular flexibility index (Phi) is 3.88. The summed E-state index contributed by atoms with van der Waals surface area (Å²) in [5.41, 5.74) is 0.528. The fourth-order valence-electron chi connectivity index (χ4n) is 2.24. The van der Waals surface area contributed by atoms with Crippen molar-refractivity contribution < 1.29 is 14.5 Å². The molecule has 0 aliphatic carbocycles. The first-order valence-electron chi connectivity index (χ1n) is 6.84. The first-order valence-corrected chi connectivity index (χ1v) is 6.84. The molecule has 3 rings (SSSR count). The largest absolute Gasteiger partial charge is 0.417 e. The molecule has 0 aliphatic heterocycles. The average Bonchev–Trinajstić information content (AvgIpc) is 2.54. The van der Waals surface area contributed by atoms with Crippen molar-refractivity contribution >= 4 is 28.2 Å². The Morgan fingerprint density at radius 1 is 1.00 bits per heavy atom. The molecule has 1 N–H and O–H groups in total. The number of ether oxygens (including phenoxy) is 1. The van der Waals surface area contributed by atoms with Gasteiger partial charge in [0, 0.05) is 11.8 Å². The van der Waals surface area contributed by atoms with Gasteiger partial charge in [0.1, 0.15) is 5.75 Å². The number of carbonyl (C=O) groups excluding carboxylic acids is 1. The molecule has 0 radical (unpaired) electrons. The standard InChI is InChI=1S/C17H12N2O4/c20-17(23-14-6-2-1-3-7-14)18-13-9-10-15-12(11-13)5-4-8-16(15)19(21)22/h1-11H,(H,18,20). The number of fused-ring (bicyclic) bond motifs is 1. The van der Waals surface area contributed by atoms with Gasteiger partial charge in [-0.15, -0.1) is 0 Å². The van der Waals surface area contributed by atoms with E-state index in [1.165, 1.54) is 6.07 Å². The Morgan fingerprint density at radius 3 is 2.52 bits per heavy atom. The maximum absolute atomic E-state index is 11.9. The number of benzene rings is 3. The summed E-state index contributed by atoms with van der Waals surface area (Å²) in [6.45, 7) is 0. The maximum atomic E-state index is 11.9. The highest BCUT2D eigenvalue weighted by Crippen LogP contribution is 2.27. The van der Waals surface area contributed by atoms with Crippen molar-refractivity contribution in [3.8, 4) is 5.75 Å². The molecule has 6 heteroatoms. The smallest absolute Gasteiger partial charge is 0.410 e. The summed E-state index contributed by atoms with van der Waals surface area (Å²) in [5.74, 6) is 0.432. The van der Waals surface area contributed by atoms with E-state index in [9.17, 15) is 14.9 Å². The van der Waals surface area contributed by atoms with Crippen molar-refractivity contribution in [3.05, 3.63) is 76.8 Å². The number of hydrogen-bond donors (Lipinski definition) is 1. The number of rotatable bonds is 3. The molecule has 0 atom stereocenters. The van der Waals surface area contributed by atoms with Gasteiger partial charge < -0.3 is 4.74 Å². The predicted molar refractivity (Wildman–Crippen MR) is 86.7 cm³/mol. The summed E-state index contributed by atoms with van der Waals surface area (Å²) in [6, 6.07) is 18.3. The predicted octanol–water partition coefficient (Wildman–Crippen LogP) is 4.36. The minimum atomic E-state index is -0.624. The number of nitrogens with zero attached hydrogens (tertiary/aromatic N) is 1. The lowest BCUT2D eigenvalue weighted by Gasteiger charge is -2.07. The third-order valence-electron chi connectivity index (χ3n) is 3.25. The molecular formula is C17H12N2O4. The topological polar surface area (TPSA) is 81.5 Å². The molecule has 0 heterocycles. The molecule has 23 heavy (non-hydrogen) atoms. The zero-order chi connectivity index (χ0) is 16.2. The van der Waals surface area contributed by atoms with Gasteiger partial charge in [0.25, 0.3) is 5.69 Å². The Morgan fingerprint density at radius 2 is 1.78 bits per heavy atom. The number of anilines is 1. The summed E-state index contributed by atoms with van der Waals surface area (Å²) in [5, 5.41) is 14.8. The summed E-state index contributed by atoms with van der Waals surface area (Å²) < 4.78 is 5.13. The van der Waals surface area contributed by atoms with E-state index in [-0.39, 0.29) is 5.69 Å². The van der Waals surface area contributed by atoms with Gasteiger partial charge in [0.15, 0.2) is 0 Å². The minimum absolute atomic E-state index is 0.0286. The number of non-ortho nitro benzene ring substituents is 1. The van der Waals surface area contributed by atoms with Gasteiger partial charge in [-0.25, -0.2) is 4.79 Å². The van der Waals surface area contributed by atoms with E-state index in [4.69, 9.17) is 4.74 Å². The van der Waals surface area contributed by atoms with Gasteiger partial charge in [0.05, 0.1) is 10.3 Å². The molecule has 0 saturated carbocycles. The van der Waals surface area contributed by atoms with Crippen LogP contribution < -0.4 is 10.1 Å². The first kappa shape index (κ1) is 14.5. The second-order valence-corrected chi connectivity index (χ2v) is 4.80. The second-order valence-electron chi connectivity index (χ2n) is 4.80. The van der Waals surface area contributed by atoms with E-state index in [1.54, 1.807) is 54.6 Å². The van der Waals surface area contributed by atoms with Crippen LogP contribution in [0.5, 0.6) is 5.75 Å². The van der Waals surface area contributed by atoms with E-state index < -0.39 is 11.0 Å². The molecule has 114 valence electrons. The molecule has 0 saturated heterocycles. The molecule has 0 aliphatic rings. The average molecular weight is 308 g/mol. The van der Waals surface area contributed by atoms with Crippen LogP contribution in [0, 0.1) is 10.1 Å². The van der Waals surface area contributed by atoms with Gasteiger partial charge in [-0.3, -0.25) is 15.4 Å². The SMILES string of the molecule is O=C(Nc1ccc2c([N+](=O)[O-])cccc2c1)Oc1ccccc1. The molecule has 3 aromatic carbocycles. The normalized spacial score (nSPS) is 10.3. The zero-order valence-electron chi connectivity index (χ0n) is 11.9. The van der Waals surface area contributed by atoms with Gasteiger partial charge in [0.2, 0.25) is 0 Å². The number of nitrogens with one attached hydrogen (secondary N) is 1. The Balaban J connectivity index is 1.81. The van der Waals surface area contributed by atoms with Gasteiger partial charge in [-0.2, -0.15) is 0 Å². The van der Waals surface area contributed by atoms with Gasteiger partial charge in [-0.05, 0) is 35.7 Å². The van der Waals surface area contributed by atoms with E-state index in [2.05, 4.69) is 5.32 Å². The second kappa shape index (κ2) is 6.15. The first-order chi connectivity index (χ1) is 11.1. The summed E-state index contributed by atoms with van der Waals surface area (Å²) in [4.78, 5) is 22.4. The van der Waals surface area contributed by atoms with Gasteiger partial charge >= 0.3 is 6.09 Å². The summed E-state index contributed by atoms with van der Waals surface area (Å²) in [6.07, 6.45) is -0.624.